The number of rotatable bonds is 8. The minimum atomic E-state index is -3.50. The van der Waals surface area contributed by atoms with Gasteiger partial charge in [-0.2, -0.15) is 9.57 Å². The average Bonchev–Trinajstić information content (AvgIpc) is 3.24. The van der Waals surface area contributed by atoms with Crippen LogP contribution in [-0.4, -0.2) is 41.6 Å². The second-order valence-corrected chi connectivity index (χ2v) is 9.54. The summed E-state index contributed by atoms with van der Waals surface area (Å²) < 4.78 is 30.5. The molecule has 1 aromatic carbocycles. The van der Waals surface area contributed by atoms with Crippen molar-refractivity contribution in [3.63, 3.8) is 0 Å². The van der Waals surface area contributed by atoms with Gasteiger partial charge in [0, 0.05) is 19.0 Å². The molecule has 1 aromatic heterocycles. The van der Waals surface area contributed by atoms with Gasteiger partial charge >= 0.3 is 0 Å². The van der Waals surface area contributed by atoms with E-state index in [9.17, 15) is 18.0 Å². The smallest absolute Gasteiger partial charge is 0.293 e. The standard InChI is InChI=1S/C20H19N3O5S2/c1-30(26,27)22(11-5-10-21)14-17-9-8-16(28-17)12-18-19(24)23(20(25)29-18)13-15-6-3-2-4-7-15/h2-4,6-9,12H,5,11,13-14H2,1H3/b18-12-. The fraction of sp³-hybridized carbons (Fsp3) is 0.250. The molecular weight excluding hydrogens is 426 g/mol. The van der Waals surface area contributed by atoms with Gasteiger partial charge in [0.15, 0.2) is 0 Å². The van der Waals surface area contributed by atoms with E-state index in [4.69, 9.17) is 9.68 Å². The van der Waals surface area contributed by atoms with Gasteiger partial charge in [0.2, 0.25) is 10.0 Å². The zero-order valence-corrected chi connectivity index (χ0v) is 17.8. The second kappa shape index (κ2) is 9.30. The van der Waals surface area contributed by atoms with E-state index >= 15 is 0 Å². The van der Waals surface area contributed by atoms with E-state index in [0.29, 0.717) is 11.5 Å². The average molecular weight is 446 g/mol. The summed E-state index contributed by atoms with van der Waals surface area (Å²) in [5, 5.41) is 8.34. The number of benzene rings is 1. The molecule has 156 valence electrons. The van der Waals surface area contributed by atoms with E-state index in [1.165, 1.54) is 11.0 Å². The van der Waals surface area contributed by atoms with Crippen LogP contribution in [-0.2, 0) is 27.9 Å². The number of furan rings is 1. The molecule has 2 aromatic rings. The molecule has 0 N–H and O–H groups in total. The number of carbonyl (C=O) groups excluding carboxylic acids is 2. The van der Waals surface area contributed by atoms with Gasteiger partial charge < -0.3 is 4.42 Å². The maximum atomic E-state index is 12.6. The molecule has 1 aliphatic heterocycles. The van der Waals surface area contributed by atoms with E-state index in [1.54, 1.807) is 12.1 Å². The first-order valence-electron chi connectivity index (χ1n) is 8.98. The first-order chi connectivity index (χ1) is 14.3. The molecule has 0 unspecified atom stereocenters. The summed E-state index contributed by atoms with van der Waals surface area (Å²) in [6.07, 6.45) is 2.60. The minimum absolute atomic E-state index is 0.0240. The number of hydrogen-bond acceptors (Lipinski definition) is 7. The fourth-order valence-corrected chi connectivity index (χ4v) is 4.40. The van der Waals surface area contributed by atoms with Gasteiger partial charge in [0.05, 0.1) is 30.3 Å². The Kier molecular flexibility index (Phi) is 6.77. The summed E-state index contributed by atoms with van der Waals surface area (Å²) in [4.78, 5) is 26.3. The number of carbonyl (C=O) groups is 2. The number of amides is 2. The molecule has 30 heavy (non-hydrogen) atoms. The normalized spacial score (nSPS) is 15.9. The van der Waals surface area contributed by atoms with Crippen LogP contribution in [0.3, 0.4) is 0 Å². The molecule has 0 saturated carbocycles. The zero-order valence-electron chi connectivity index (χ0n) is 16.1. The second-order valence-electron chi connectivity index (χ2n) is 6.56. The topological polar surface area (TPSA) is 112 Å². The predicted octanol–water partition coefficient (Wildman–Crippen LogP) is 3.19. The highest BCUT2D eigenvalue weighted by Crippen LogP contribution is 2.33. The summed E-state index contributed by atoms with van der Waals surface area (Å²) in [5.41, 5.74) is 0.847. The highest BCUT2D eigenvalue weighted by atomic mass is 32.2. The van der Waals surface area contributed by atoms with Crippen LogP contribution in [0, 0.1) is 11.3 Å². The lowest BCUT2D eigenvalue weighted by atomic mass is 10.2. The van der Waals surface area contributed by atoms with Crippen molar-refractivity contribution < 1.29 is 22.4 Å². The van der Waals surface area contributed by atoms with Crippen molar-refractivity contribution in [1.82, 2.24) is 9.21 Å². The third-order valence-corrected chi connectivity index (χ3v) is 6.44. The highest BCUT2D eigenvalue weighted by molar-refractivity contribution is 8.18. The molecule has 1 aliphatic rings. The van der Waals surface area contributed by atoms with Crippen LogP contribution in [0.1, 0.15) is 23.5 Å². The quantitative estimate of drug-likeness (QED) is 0.574. The van der Waals surface area contributed by atoms with Crippen LogP contribution in [0.25, 0.3) is 6.08 Å². The van der Waals surface area contributed by atoms with E-state index in [-0.39, 0.29) is 36.2 Å². The summed E-state index contributed by atoms with van der Waals surface area (Å²) in [6.45, 7) is 0.224. The Morgan fingerprint density at radius 3 is 2.60 bits per heavy atom. The summed E-state index contributed by atoms with van der Waals surface area (Å²) in [7, 11) is -3.50. The number of imide groups is 1. The first-order valence-corrected chi connectivity index (χ1v) is 11.6. The van der Waals surface area contributed by atoms with E-state index in [2.05, 4.69) is 0 Å². The van der Waals surface area contributed by atoms with Crippen LogP contribution in [0.2, 0.25) is 0 Å². The van der Waals surface area contributed by atoms with E-state index in [0.717, 1.165) is 27.9 Å². The molecule has 0 spiro atoms. The van der Waals surface area contributed by atoms with Gasteiger partial charge in [-0.3, -0.25) is 14.5 Å². The van der Waals surface area contributed by atoms with Crippen LogP contribution >= 0.6 is 11.8 Å². The lowest BCUT2D eigenvalue weighted by Gasteiger charge is -2.16. The van der Waals surface area contributed by atoms with Crippen LogP contribution in [0.4, 0.5) is 4.79 Å². The SMILES string of the molecule is CS(=O)(=O)N(CCC#N)Cc1ccc(/C=C2\SC(=O)N(Cc3ccccc3)C2=O)o1. The van der Waals surface area contributed by atoms with Gasteiger partial charge in [-0.15, -0.1) is 0 Å². The largest absolute Gasteiger partial charge is 0.460 e. The van der Waals surface area contributed by atoms with E-state index < -0.39 is 15.9 Å². The molecule has 0 bridgehead atoms. The molecule has 0 aliphatic carbocycles. The van der Waals surface area contributed by atoms with Crippen LogP contribution in [0.5, 0.6) is 0 Å². The van der Waals surface area contributed by atoms with Gasteiger partial charge in [-0.05, 0) is 29.5 Å². The van der Waals surface area contributed by atoms with Crippen molar-refractivity contribution in [3.8, 4) is 6.07 Å². The van der Waals surface area contributed by atoms with Crippen molar-refractivity contribution in [3.05, 3.63) is 64.5 Å². The Balaban J connectivity index is 1.72. The van der Waals surface area contributed by atoms with Crippen molar-refractivity contribution in [1.29, 1.82) is 5.26 Å². The molecule has 1 saturated heterocycles. The van der Waals surface area contributed by atoms with Crippen molar-refractivity contribution in [2.45, 2.75) is 19.5 Å². The van der Waals surface area contributed by atoms with Crippen molar-refractivity contribution in [2.24, 2.45) is 0 Å². The molecular formula is C20H19N3O5S2. The number of thioether (sulfide) groups is 1. The monoisotopic (exact) mass is 445 g/mol. The summed E-state index contributed by atoms with van der Waals surface area (Å²) in [5.74, 6) is 0.302. The van der Waals surface area contributed by atoms with Crippen LogP contribution < -0.4 is 0 Å². The lowest BCUT2D eigenvalue weighted by molar-refractivity contribution is -0.123. The summed E-state index contributed by atoms with van der Waals surface area (Å²) in [6, 6.07) is 14.3. The molecule has 8 nitrogen and oxygen atoms in total. The van der Waals surface area contributed by atoms with E-state index in [1.807, 2.05) is 36.4 Å². The Morgan fingerprint density at radius 2 is 1.93 bits per heavy atom. The van der Waals surface area contributed by atoms with Crippen molar-refractivity contribution in [2.75, 3.05) is 12.8 Å². The molecule has 10 heteroatoms. The Morgan fingerprint density at radius 1 is 1.20 bits per heavy atom. The van der Waals surface area contributed by atoms with Gasteiger partial charge in [-0.25, -0.2) is 8.42 Å². The van der Waals surface area contributed by atoms with Crippen LogP contribution in [0.15, 0.2) is 51.8 Å². The Bertz CT molecular complexity index is 1120. The predicted molar refractivity (Wildman–Crippen MR) is 112 cm³/mol. The molecule has 0 atom stereocenters. The highest BCUT2D eigenvalue weighted by Gasteiger charge is 2.35. The van der Waals surface area contributed by atoms with Crippen molar-refractivity contribution >= 4 is 39.0 Å². The number of sulfonamides is 1. The first kappa shape index (κ1) is 21.8. The zero-order chi connectivity index (χ0) is 21.7. The molecule has 1 fully saturated rings. The molecule has 2 heterocycles. The number of nitriles is 1. The Labute approximate surface area is 178 Å². The van der Waals surface area contributed by atoms with Gasteiger partial charge in [-0.1, -0.05) is 30.3 Å². The third-order valence-electron chi connectivity index (χ3n) is 4.29. The third kappa shape index (κ3) is 5.38. The maximum Gasteiger partial charge on any atom is 0.293 e. The molecule has 2 amide bonds. The van der Waals surface area contributed by atoms with Gasteiger partial charge in [0.25, 0.3) is 11.1 Å². The fourth-order valence-electron chi connectivity index (χ4n) is 2.80. The van der Waals surface area contributed by atoms with Gasteiger partial charge in [0.1, 0.15) is 11.5 Å². The maximum absolute atomic E-state index is 12.6. The lowest BCUT2D eigenvalue weighted by Crippen LogP contribution is -2.30. The Hall–Kier alpha value is -2.87. The number of hydrogen-bond donors (Lipinski definition) is 0. The summed E-state index contributed by atoms with van der Waals surface area (Å²) >= 11 is 0.831. The number of nitrogens with zero attached hydrogens (tertiary/aromatic N) is 3. The molecule has 3 rings (SSSR count). The molecule has 0 radical (unpaired) electrons. The minimum Gasteiger partial charge on any atom is -0.460 e.